The topological polar surface area (TPSA) is 73.4 Å². The first-order valence-corrected chi connectivity index (χ1v) is 10.3. The van der Waals surface area contributed by atoms with Crippen molar-refractivity contribution < 1.29 is 4.79 Å². The summed E-state index contributed by atoms with van der Waals surface area (Å²) in [5, 5.41) is 5.72. The van der Waals surface area contributed by atoms with Gasteiger partial charge in [-0.2, -0.15) is 0 Å². The Hall–Kier alpha value is -3.61. The Morgan fingerprint density at radius 3 is 2.37 bits per heavy atom. The van der Waals surface area contributed by atoms with Crippen molar-refractivity contribution in [2.75, 3.05) is 46.6 Å². The molecule has 4 rings (SSSR count). The van der Waals surface area contributed by atoms with Crippen LogP contribution in [0.3, 0.4) is 0 Å². The first kappa shape index (κ1) is 19.7. The van der Waals surface area contributed by atoms with Crippen LogP contribution in [0.25, 0.3) is 0 Å². The van der Waals surface area contributed by atoms with E-state index in [2.05, 4.69) is 61.6 Å². The highest BCUT2D eigenvalue weighted by Crippen LogP contribution is 2.20. The third-order valence-electron chi connectivity index (χ3n) is 5.27. The summed E-state index contributed by atoms with van der Waals surface area (Å²) in [5.74, 6) is 1.30. The Bertz CT molecular complexity index is 986. The molecule has 1 fully saturated rings. The number of hydrogen-bond donors (Lipinski definition) is 2. The number of nitrogens with zero attached hydrogens (tertiary/aromatic N) is 4. The average Bonchev–Trinajstić information content (AvgIpc) is 2.80. The lowest BCUT2D eigenvalue weighted by molar-refractivity contribution is 0.262. The summed E-state index contributed by atoms with van der Waals surface area (Å²) in [6.45, 7) is 5.63. The lowest BCUT2D eigenvalue weighted by Gasteiger charge is -2.36. The molecule has 7 heteroatoms. The second kappa shape index (κ2) is 9.26. The highest BCUT2D eigenvalue weighted by atomic mass is 16.2. The van der Waals surface area contributed by atoms with Gasteiger partial charge in [-0.3, -0.25) is 5.32 Å². The summed E-state index contributed by atoms with van der Waals surface area (Å²) in [4.78, 5) is 25.6. The van der Waals surface area contributed by atoms with Crippen LogP contribution in [0, 0.1) is 0 Å². The number of carbonyl (C=O) groups is 1. The van der Waals surface area contributed by atoms with Crippen LogP contribution in [-0.2, 0) is 6.42 Å². The normalized spacial score (nSPS) is 13.8. The summed E-state index contributed by atoms with van der Waals surface area (Å²) in [5.41, 5.74) is 3.14. The Balaban J connectivity index is 1.37. The molecule has 0 bridgehead atoms. The molecule has 2 heterocycles. The molecule has 2 amide bonds. The molecule has 1 aliphatic rings. The number of benzene rings is 2. The van der Waals surface area contributed by atoms with E-state index in [1.807, 2.05) is 36.4 Å². The summed E-state index contributed by atoms with van der Waals surface area (Å²) in [6.07, 6.45) is 2.34. The molecule has 154 valence electrons. The molecule has 0 saturated carbocycles. The minimum atomic E-state index is -0.311. The fourth-order valence-electron chi connectivity index (χ4n) is 3.64. The molecule has 3 aromatic rings. The third-order valence-corrected chi connectivity index (χ3v) is 5.27. The van der Waals surface area contributed by atoms with Crippen molar-refractivity contribution in [3.63, 3.8) is 0 Å². The molecule has 1 saturated heterocycles. The number of rotatable bonds is 5. The predicted octanol–water partition coefficient (Wildman–Crippen LogP) is 4.01. The van der Waals surface area contributed by atoms with Crippen molar-refractivity contribution in [3.05, 3.63) is 72.6 Å². The highest BCUT2D eigenvalue weighted by molar-refractivity contribution is 5.99. The number of hydrogen-bond acceptors (Lipinski definition) is 5. The van der Waals surface area contributed by atoms with Gasteiger partial charge in [0.25, 0.3) is 0 Å². The van der Waals surface area contributed by atoms with E-state index in [0.29, 0.717) is 5.82 Å². The Labute approximate surface area is 176 Å². The lowest BCUT2D eigenvalue weighted by atomic mass is 10.1. The summed E-state index contributed by atoms with van der Waals surface area (Å²) in [6, 6.07) is 19.7. The number of piperazine rings is 1. The molecular formula is C23H26N6O. The van der Waals surface area contributed by atoms with Gasteiger partial charge >= 0.3 is 6.03 Å². The molecule has 30 heavy (non-hydrogen) atoms. The molecule has 0 radical (unpaired) electrons. The standard InChI is InChI=1S/C23H26N6O/c1-2-18-8-6-7-11-20(18)26-23(30)27-21-16-22(25-17-24-21)29-14-12-28(13-15-29)19-9-4-3-5-10-19/h3-11,16-17H,2,12-15H2,1H3,(H2,24,25,26,27,30). The zero-order valence-electron chi connectivity index (χ0n) is 17.1. The molecule has 1 aliphatic heterocycles. The van der Waals surface area contributed by atoms with Gasteiger partial charge < -0.3 is 15.1 Å². The smallest absolute Gasteiger partial charge is 0.324 e. The van der Waals surface area contributed by atoms with Crippen LogP contribution in [-0.4, -0.2) is 42.2 Å². The molecule has 2 aromatic carbocycles. The zero-order valence-corrected chi connectivity index (χ0v) is 17.1. The predicted molar refractivity (Wildman–Crippen MR) is 121 cm³/mol. The van der Waals surface area contributed by atoms with E-state index >= 15 is 0 Å². The van der Waals surface area contributed by atoms with Crippen molar-refractivity contribution in [2.45, 2.75) is 13.3 Å². The molecule has 0 unspecified atom stereocenters. The van der Waals surface area contributed by atoms with E-state index in [-0.39, 0.29) is 6.03 Å². The van der Waals surface area contributed by atoms with Gasteiger partial charge in [0.15, 0.2) is 0 Å². The molecular weight excluding hydrogens is 376 g/mol. The van der Waals surface area contributed by atoms with Gasteiger partial charge in [-0.05, 0) is 30.2 Å². The van der Waals surface area contributed by atoms with Gasteiger partial charge in [-0.25, -0.2) is 14.8 Å². The van der Waals surface area contributed by atoms with Crippen LogP contribution in [0.15, 0.2) is 67.0 Å². The zero-order chi connectivity index (χ0) is 20.8. The van der Waals surface area contributed by atoms with E-state index in [1.54, 1.807) is 0 Å². The fraction of sp³-hybridized carbons (Fsp3) is 0.261. The second-order valence-corrected chi connectivity index (χ2v) is 7.16. The van der Waals surface area contributed by atoms with Gasteiger partial charge in [-0.15, -0.1) is 0 Å². The largest absolute Gasteiger partial charge is 0.368 e. The SMILES string of the molecule is CCc1ccccc1NC(=O)Nc1cc(N2CCN(c3ccccc3)CC2)ncn1. The molecule has 0 atom stereocenters. The number of para-hydroxylation sites is 2. The first-order chi connectivity index (χ1) is 14.7. The van der Waals surface area contributed by atoms with E-state index in [4.69, 9.17) is 0 Å². The summed E-state index contributed by atoms with van der Waals surface area (Å²) >= 11 is 0. The number of urea groups is 1. The maximum Gasteiger partial charge on any atom is 0.324 e. The van der Waals surface area contributed by atoms with Gasteiger partial charge in [0, 0.05) is 43.6 Å². The van der Waals surface area contributed by atoms with Gasteiger partial charge in [0.2, 0.25) is 0 Å². The van der Waals surface area contributed by atoms with Gasteiger partial charge in [0.05, 0.1) is 0 Å². The lowest BCUT2D eigenvalue weighted by Crippen LogP contribution is -2.46. The van der Waals surface area contributed by atoms with Crippen LogP contribution in [0.5, 0.6) is 0 Å². The minimum Gasteiger partial charge on any atom is -0.368 e. The first-order valence-electron chi connectivity index (χ1n) is 10.3. The van der Waals surface area contributed by atoms with Crippen molar-refractivity contribution in [2.24, 2.45) is 0 Å². The highest BCUT2D eigenvalue weighted by Gasteiger charge is 2.19. The fourth-order valence-corrected chi connectivity index (χ4v) is 3.64. The van der Waals surface area contributed by atoms with Crippen LogP contribution in [0.1, 0.15) is 12.5 Å². The van der Waals surface area contributed by atoms with Crippen molar-refractivity contribution in [3.8, 4) is 0 Å². The van der Waals surface area contributed by atoms with E-state index < -0.39 is 0 Å². The summed E-state index contributed by atoms with van der Waals surface area (Å²) < 4.78 is 0. The number of anilines is 4. The van der Waals surface area contributed by atoms with Crippen molar-refractivity contribution in [1.29, 1.82) is 0 Å². The van der Waals surface area contributed by atoms with Crippen molar-refractivity contribution in [1.82, 2.24) is 9.97 Å². The number of carbonyl (C=O) groups excluding carboxylic acids is 1. The molecule has 1 aromatic heterocycles. The molecule has 7 nitrogen and oxygen atoms in total. The van der Waals surface area contributed by atoms with E-state index in [9.17, 15) is 4.79 Å². The molecule has 0 aliphatic carbocycles. The minimum absolute atomic E-state index is 0.311. The quantitative estimate of drug-likeness (QED) is 0.675. The monoisotopic (exact) mass is 402 g/mol. The van der Waals surface area contributed by atoms with E-state index in [0.717, 1.165) is 49.7 Å². The Kier molecular flexibility index (Phi) is 6.08. The van der Waals surface area contributed by atoms with Crippen LogP contribution in [0.4, 0.5) is 27.8 Å². The second-order valence-electron chi connectivity index (χ2n) is 7.16. The van der Waals surface area contributed by atoms with Gasteiger partial charge in [0.1, 0.15) is 18.0 Å². The van der Waals surface area contributed by atoms with E-state index in [1.165, 1.54) is 12.0 Å². The average molecular weight is 403 g/mol. The number of nitrogens with one attached hydrogen (secondary N) is 2. The maximum atomic E-state index is 12.4. The Morgan fingerprint density at radius 1 is 0.900 bits per heavy atom. The Morgan fingerprint density at radius 2 is 1.60 bits per heavy atom. The number of amides is 2. The van der Waals surface area contributed by atoms with Crippen molar-refractivity contribution >= 4 is 29.0 Å². The molecule has 0 spiro atoms. The van der Waals surface area contributed by atoms with Crippen LogP contribution in [0.2, 0.25) is 0 Å². The van der Waals surface area contributed by atoms with Gasteiger partial charge in [-0.1, -0.05) is 43.3 Å². The third kappa shape index (κ3) is 4.68. The number of aromatic nitrogens is 2. The number of aryl methyl sites for hydroxylation is 1. The molecule has 2 N–H and O–H groups in total. The van der Waals surface area contributed by atoms with Crippen LogP contribution >= 0.6 is 0 Å². The summed E-state index contributed by atoms with van der Waals surface area (Å²) in [7, 11) is 0. The van der Waals surface area contributed by atoms with Crippen LogP contribution < -0.4 is 20.4 Å². The maximum absolute atomic E-state index is 12.4.